The first-order valence-electron chi connectivity index (χ1n) is 5.96. The Morgan fingerprint density at radius 1 is 1.21 bits per heavy atom. The molecule has 0 aromatic carbocycles. The second kappa shape index (κ2) is 4.94. The second-order valence-corrected chi connectivity index (χ2v) is 4.71. The Bertz CT molecular complexity index is 192. The van der Waals surface area contributed by atoms with Crippen LogP contribution in [0.2, 0.25) is 0 Å². The van der Waals surface area contributed by atoms with E-state index in [0.717, 1.165) is 6.04 Å². The minimum Gasteiger partial charge on any atom is -0.308 e. The molecule has 1 fully saturated rings. The van der Waals surface area contributed by atoms with Crippen LogP contribution in [0.5, 0.6) is 0 Å². The van der Waals surface area contributed by atoms with Gasteiger partial charge in [0, 0.05) is 12.1 Å². The van der Waals surface area contributed by atoms with E-state index in [1.54, 1.807) is 0 Å². The zero-order valence-corrected chi connectivity index (χ0v) is 9.21. The van der Waals surface area contributed by atoms with Gasteiger partial charge in [-0.15, -0.1) is 0 Å². The molecule has 2 rings (SSSR count). The standard InChI is InChI=1S/C12H22N2/c1-14-9-7-12(8-10-14)13-11-5-3-2-4-6-11/h3,5,11-13H,2,4,6-10H2,1H3. The van der Waals surface area contributed by atoms with E-state index in [9.17, 15) is 0 Å². The lowest BCUT2D eigenvalue weighted by Gasteiger charge is -2.32. The SMILES string of the molecule is CN1CCC(NC2C=CCCC2)CC1. The largest absolute Gasteiger partial charge is 0.308 e. The normalized spacial score (nSPS) is 30.8. The Kier molecular flexibility index (Phi) is 3.60. The van der Waals surface area contributed by atoms with Crippen molar-refractivity contribution in [3.8, 4) is 0 Å². The Morgan fingerprint density at radius 2 is 2.00 bits per heavy atom. The van der Waals surface area contributed by atoms with Crippen molar-refractivity contribution in [1.29, 1.82) is 0 Å². The van der Waals surface area contributed by atoms with E-state index in [1.165, 1.54) is 45.2 Å². The number of piperidine rings is 1. The highest BCUT2D eigenvalue weighted by atomic mass is 15.1. The number of nitrogens with zero attached hydrogens (tertiary/aromatic N) is 1. The number of likely N-dealkylation sites (tertiary alicyclic amines) is 1. The summed E-state index contributed by atoms with van der Waals surface area (Å²) in [6, 6.07) is 1.43. The van der Waals surface area contributed by atoms with Gasteiger partial charge in [0.1, 0.15) is 0 Å². The molecule has 1 N–H and O–H groups in total. The third-order valence-electron chi connectivity index (χ3n) is 3.42. The van der Waals surface area contributed by atoms with Gasteiger partial charge in [-0.1, -0.05) is 12.2 Å². The Morgan fingerprint density at radius 3 is 2.64 bits per heavy atom. The molecule has 1 heterocycles. The van der Waals surface area contributed by atoms with Gasteiger partial charge < -0.3 is 10.2 Å². The van der Waals surface area contributed by atoms with Crippen molar-refractivity contribution < 1.29 is 0 Å². The number of hydrogen-bond donors (Lipinski definition) is 1. The first-order valence-corrected chi connectivity index (χ1v) is 5.96. The molecule has 0 amide bonds. The quantitative estimate of drug-likeness (QED) is 0.674. The third kappa shape index (κ3) is 2.82. The maximum absolute atomic E-state index is 3.76. The van der Waals surface area contributed by atoms with Crippen LogP contribution in [0.25, 0.3) is 0 Å². The summed E-state index contributed by atoms with van der Waals surface area (Å²) in [7, 11) is 2.22. The molecule has 1 aliphatic carbocycles. The number of allylic oxidation sites excluding steroid dienone is 1. The molecule has 0 saturated carbocycles. The first-order chi connectivity index (χ1) is 6.84. The van der Waals surface area contributed by atoms with Crippen molar-refractivity contribution in [3.05, 3.63) is 12.2 Å². The summed E-state index contributed by atoms with van der Waals surface area (Å²) >= 11 is 0. The summed E-state index contributed by atoms with van der Waals surface area (Å²) in [6.07, 6.45) is 11.3. The predicted molar refractivity (Wildman–Crippen MR) is 60.4 cm³/mol. The molecule has 14 heavy (non-hydrogen) atoms. The van der Waals surface area contributed by atoms with Crippen LogP contribution in [0.4, 0.5) is 0 Å². The molecule has 0 radical (unpaired) electrons. The summed E-state index contributed by atoms with van der Waals surface area (Å²) in [5, 5.41) is 3.76. The molecule has 1 saturated heterocycles. The monoisotopic (exact) mass is 194 g/mol. The van der Waals surface area contributed by atoms with Gasteiger partial charge in [0.25, 0.3) is 0 Å². The average molecular weight is 194 g/mol. The van der Waals surface area contributed by atoms with Crippen LogP contribution < -0.4 is 5.32 Å². The fraction of sp³-hybridized carbons (Fsp3) is 0.833. The summed E-state index contributed by atoms with van der Waals surface area (Å²) in [6.45, 7) is 2.52. The smallest absolute Gasteiger partial charge is 0.0252 e. The Labute approximate surface area is 87.4 Å². The van der Waals surface area contributed by atoms with Gasteiger partial charge in [-0.2, -0.15) is 0 Å². The van der Waals surface area contributed by atoms with E-state index in [4.69, 9.17) is 0 Å². The van der Waals surface area contributed by atoms with Crippen LogP contribution in [0.1, 0.15) is 32.1 Å². The lowest BCUT2D eigenvalue weighted by molar-refractivity contribution is 0.227. The third-order valence-corrected chi connectivity index (χ3v) is 3.42. The second-order valence-electron chi connectivity index (χ2n) is 4.71. The fourth-order valence-electron chi connectivity index (χ4n) is 2.43. The summed E-state index contributed by atoms with van der Waals surface area (Å²) in [5.74, 6) is 0. The van der Waals surface area contributed by atoms with Crippen molar-refractivity contribution in [2.24, 2.45) is 0 Å². The minimum absolute atomic E-state index is 0.664. The van der Waals surface area contributed by atoms with Gasteiger partial charge in [0.05, 0.1) is 0 Å². The van der Waals surface area contributed by atoms with Gasteiger partial charge >= 0.3 is 0 Å². The molecule has 2 nitrogen and oxygen atoms in total. The van der Waals surface area contributed by atoms with Crippen LogP contribution in [-0.4, -0.2) is 37.1 Å². The molecular formula is C12H22N2. The summed E-state index contributed by atoms with van der Waals surface area (Å²) in [5.41, 5.74) is 0. The number of rotatable bonds is 2. The van der Waals surface area contributed by atoms with Crippen LogP contribution in [0, 0.1) is 0 Å². The van der Waals surface area contributed by atoms with Gasteiger partial charge in [0.2, 0.25) is 0 Å². The molecule has 1 atom stereocenters. The Hall–Kier alpha value is -0.340. The average Bonchev–Trinajstić information content (AvgIpc) is 2.23. The van der Waals surface area contributed by atoms with Crippen molar-refractivity contribution in [2.45, 2.75) is 44.2 Å². The highest BCUT2D eigenvalue weighted by Crippen LogP contribution is 2.14. The molecule has 80 valence electrons. The van der Waals surface area contributed by atoms with Crippen molar-refractivity contribution >= 4 is 0 Å². The zero-order chi connectivity index (χ0) is 9.80. The maximum atomic E-state index is 3.76. The fourth-order valence-corrected chi connectivity index (χ4v) is 2.43. The van der Waals surface area contributed by atoms with E-state index in [0.29, 0.717) is 6.04 Å². The Balaban J connectivity index is 1.74. The van der Waals surface area contributed by atoms with Gasteiger partial charge in [-0.25, -0.2) is 0 Å². The first kappa shape index (κ1) is 10.2. The van der Waals surface area contributed by atoms with E-state index in [-0.39, 0.29) is 0 Å². The molecule has 0 bridgehead atoms. The predicted octanol–water partition coefficient (Wildman–Crippen LogP) is 1.78. The minimum atomic E-state index is 0.664. The van der Waals surface area contributed by atoms with Crippen LogP contribution in [-0.2, 0) is 0 Å². The molecule has 1 aliphatic heterocycles. The summed E-state index contributed by atoms with van der Waals surface area (Å²) < 4.78 is 0. The lowest BCUT2D eigenvalue weighted by Crippen LogP contribution is -2.44. The molecule has 1 unspecified atom stereocenters. The lowest BCUT2D eigenvalue weighted by atomic mass is 9.99. The summed E-state index contributed by atoms with van der Waals surface area (Å²) in [4.78, 5) is 2.43. The molecule has 0 aromatic rings. The van der Waals surface area contributed by atoms with Crippen molar-refractivity contribution in [2.75, 3.05) is 20.1 Å². The maximum Gasteiger partial charge on any atom is 0.0252 e. The number of hydrogen-bond acceptors (Lipinski definition) is 2. The van der Waals surface area contributed by atoms with E-state index >= 15 is 0 Å². The van der Waals surface area contributed by atoms with Crippen LogP contribution >= 0.6 is 0 Å². The molecular weight excluding hydrogens is 172 g/mol. The van der Waals surface area contributed by atoms with Gasteiger partial charge in [0.15, 0.2) is 0 Å². The van der Waals surface area contributed by atoms with E-state index < -0.39 is 0 Å². The topological polar surface area (TPSA) is 15.3 Å². The number of nitrogens with one attached hydrogen (secondary N) is 1. The zero-order valence-electron chi connectivity index (χ0n) is 9.21. The highest BCUT2D eigenvalue weighted by molar-refractivity contribution is 4.98. The molecule has 0 spiro atoms. The van der Waals surface area contributed by atoms with Crippen LogP contribution in [0.3, 0.4) is 0 Å². The van der Waals surface area contributed by atoms with E-state index in [1.807, 2.05) is 0 Å². The molecule has 2 aliphatic rings. The molecule has 2 heteroatoms. The van der Waals surface area contributed by atoms with Gasteiger partial charge in [-0.3, -0.25) is 0 Å². The molecule has 0 aromatic heterocycles. The van der Waals surface area contributed by atoms with Crippen LogP contribution in [0.15, 0.2) is 12.2 Å². The van der Waals surface area contributed by atoms with Crippen molar-refractivity contribution in [1.82, 2.24) is 10.2 Å². The van der Waals surface area contributed by atoms with E-state index in [2.05, 4.69) is 29.4 Å². The van der Waals surface area contributed by atoms with Gasteiger partial charge in [-0.05, 0) is 52.2 Å². The van der Waals surface area contributed by atoms with Crippen molar-refractivity contribution in [3.63, 3.8) is 0 Å². The highest BCUT2D eigenvalue weighted by Gasteiger charge is 2.19.